The van der Waals surface area contributed by atoms with Crippen LogP contribution >= 0.6 is 0 Å². The van der Waals surface area contributed by atoms with Crippen molar-refractivity contribution in [1.82, 2.24) is 20.3 Å². The second-order valence-corrected chi connectivity index (χ2v) is 10.2. The van der Waals surface area contributed by atoms with Gasteiger partial charge in [-0.2, -0.15) is 13.2 Å². The number of carbonyl (C=O) groups excluding carboxylic acids is 2. The van der Waals surface area contributed by atoms with Gasteiger partial charge in [0.1, 0.15) is 11.4 Å². The van der Waals surface area contributed by atoms with Gasteiger partial charge in [0.25, 0.3) is 5.91 Å². The lowest BCUT2D eigenvalue weighted by molar-refractivity contribution is -0.141. The van der Waals surface area contributed by atoms with Crippen molar-refractivity contribution in [2.24, 2.45) is 17.3 Å². The van der Waals surface area contributed by atoms with Crippen LogP contribution < -0.4 is 5.32 Å². The van der Waals surface area contributed by atoms with E-state index in [1.54, 1.807) is 6.07 Å². The zero-order valence-corrected chi connectivity index (χ0v) is 18.3. The number of nitrogens with zero attached hydrogens (tertiary/aromatic N) is 3. The van der Waals surface area contributed by atoms with Crippen molar-refractivity contribution >= 4 is 11.7 Å². The fourth-order valence-corrected chi connectivity index (χ4v) is 6.85. The van der Waals surface area contributed by atoms with E-state index in [0.29, 0.717) is 36.6 Å². The maximum Gasteiger partial charge on any atom is 0.434 e. The molecule has 4 aliphatic carbocycles. The van der Waals surface area contributed by atoms with Crippen LogP contribution in [0.4, 0.5) is 13.2 Å². The Hall–Kier alpha value is -2.84. The molecule has 174 valence electrons. The highest BCUT2D eigenvalue weighted by Crippen LogP contribution is 2.63. The molecule has 2 unspecified atom stereocenters. The molecule has 9 heteroatoms. The number of Topliss-reactive ketones (excluding diaryl/α,β-unsaturated/α-hetero) is 1. The van der Waals surface area contributed by atoms with Crippen molar-refractivity contribution in [1.29, 1.82) is 0 Å². The average molecular weight is 458 g/mol. The summed E-state index contributed by atoms with van der Waals surface area (Å²) in [5.41, 5.74) is -1.03. The number of hydrogen-bond donors (Lipinski definition) is 1. The molecule has 6 rings (SSSR count). The molecular formula is C24H25F3N4O2. The molecule has 6 nitrogen and oxygen atoms in total. The molecule has 2 heterocycles. The number of ketones is 1. The van der Waals surface area contributed by atoms with E-state index < -0.39 is 23.3 Å². The quantitative estimate of drug-likeness (QED) is 0.665. The smallest absolute Gasteiger partial charge is 0.345 e. The Bertz CT molecular complexity index is 1100. The Labute approximate surface area is 189 Å². The number of rotatable bonds is 5. The number of halogens is 3. The van der Waals surface area contributed by atoms with Crippen molar-refractivity contribution in [3.63, 3.8) is 0 Å². The van der Waals surface area contributed by atoms with Gasteiger partial charge in [0, 0.05) is 17.7 Å². The van der Waals surface area contributed by atoms with Gasteiger partial charge in [-0.1, -0.05) is 6.07 Å². The molecule has 0 saturated heterocycles. The minimum Gasteiger partial charge on any atom is -0.345 e. The number of alkyl halides is 3. The van der Waals surface area contributed by atoms with Crippen LogP contribution in [0, 0.1) is 24.2 Å². The first kappa shape index (κ1) is 22.0. The molecule has 0 aliphatic heterocycles. The second kappa shape index (κ2) is 7.60. The monoisotopic (exact) mass is 458 g/mol. The summed E-state index contributed by atoms with van der Waals surface area (Å²) in [6.07, 6.45) is 2.51. The van der Waals surface area contributed by atoms with Crippen molar-refractivity contribution in [2.75, 3.05) is 0 Å². The number of pyridine rings is 1. The SMILES string of the molecule is Cc1cccc(C(=O)CC23CC4CC(C2)CC(NC(=O)c2cncc(C(F)(F)F)n2)(C4)C3)n1. The first-order valence-electron chi connectivity index (χ1n) is 11.2. The number of amides is 1. The van der Waals surface area contributed by atoms with Crippen LogP contribution in [0.25, 0.3) is 0 Å². The lowest BCUT2D eigenvalue weighted by Crippen LogP contribution is -2.63. The number of aromatic nitrogens is 3. The molecule has 0 radical (unpaired) electrons. The van der Waals surface area contributed by atoms with Crippen LogP contribution in [0.1, 0.15) is 77.3 Å². The summed E-state index contributed by atoms with van der Waals surface area (Å²) in [6, 6.07) is 5.41. The fraction of sp³-hybridized carbons (Fsp3) is 0.542. The van der Waals surface area contributed by atoms with Gasteiger partial charge in [-0.05, 0) is 74.8 Å². The molecular weight excluding hydrogens is 433 g/mol. The summed E-state index contributed by atoms with van der Waals surface area (Å²) in [5, 5.41) is 3.03. The Morgan fingerprint density at radius 2 is 1.79 bits per heavy atom. The summed E-state index contributed by atoms with van der Waals surface area (Å²) in [4.78, 5) is 37.5. The molecule has 0 aromatic carbocycles. The van der Waals surface area contributed by atoms with E-state index in [1.807, 2.05) is 19.1 Å². The van der Waals surface area contributed by atoms with Crippen molar-refractivity contribution < 1.29 is 22.8 Å². The summed E-state index contributed by atoms with van der Waals surface area (Å²) < 4.78 is 39.0. The molecule has 33 heavy (non-hydrogen) atoms. The summed E-state index contributed by atoms with van der Waals surface area (Å²) in [5.74, 6) is 0.137. The Morgan fingerprint density at radius 3 is 2.45 bits per heavy atom. The predicted molar refractivity (Wildman–Crippen MR) is 112 cm³/mol. The molecule has 2 atom stereocenters. The molecule has 4 bridgehead atoms. The van der Waals surface area contributed by atoms with Gasteiger partial charge in [-0.25, -0.2) is 4.98 Å². The zero-order chi connectivity index (χ0) is 23.4. The molecule has 0 spiro atoms. The third kappa shape index (κ3) is 4.25. The molecule has 2 aromatic rings. The summed E-state index contributed by atoms with van der Waals surface area (Å²) >= 11 is 0. The topological polar surface area (TPSA) is 84.8 Å². The van der Waals surface area contributed by atoms with E-state index in [2.05, 4.69) is 20.3 Å². The molecule has 4 fully saturated rings. The van der Waals surface area contributed by atoms with Gasteiger partial charge in [0.2, 0.25) is 0 Å². The maximum atomic E-state index is 13.1. The third-order valence-corrected chi connectivity index (χ3v) is 7.43. The minimum atomic E-state index is -4.67. The van der Waals surface area contributed by atoms with Crippen LogP contribution in [0.2, 0.25) is 0 Å². The largest absolute Gasteiger partial charge is 0.434 e. The van der Waals surface area contributed by atoms with E-state index in [0.717, 1.165) is 44.0 Å². The van der Waals surface area contributed by atoms with E-state index in [1.165, 1.54) is 0 Å². The predicted octanol–water partition coefficient (Wildman–Crippen LogP) is 4.54. The summed E-state index contributed by atoms with van der Waals surface area (Å²) in [6.45, 7) is 1.85. The Morgan fingerprint density at radius 1 is 1.06 bits per heavy atom. The molecule has 1 N–H and O–H groups in total. The van der Waals surface area contributed by atoms with Crippen LogP contribution in [-0.4, -0.2) is 32.2 Å². The van der Waals surface area contributed by atoms with Gasteiger partial charge < -0.3 is 5.32 Å². The normalized spacial score (nSPS) is 30.3. The van der Waals surface area contributed by atoms with Gasteiger partial charge in [0.05, 0.1) is 12.4 Å². The van der Waals surface area contributed by atoms with E-state index in [-0.39, 0.29) is 16.9 Å². The van der Waals surface area contributed by atoms with Crippen molar-refractivity contribution in [3.05, 3.63) is 53.4 Å². The number of carbonyl (C=O) groups is 2. The van der Waals surface area contributed by atoms with Crippen LogP contribution in [-0.2, 0) is 6.18 Å². The third-order valence-electron chi connectivity index (χ3n) is 7.43. The van der Waals surface area contributed by atoms with Gasteiger partial charge >= 0.3 is 6.18 Å². The van der Waals surface area contributed by atoms with Gasteiger partial charge in [-0.3, -0.25) is 19.6 Å². The molecule has 1 amide bonds. The lowest BCUT2D eigenvalue weighted by Gasteiger charge is -2.62. The standard InChI is InChI=1S/C24H25F3N4O2/c1-14-3-2-4-17(29-14)19(32)10-22-6-15-5-16(7-22)9-23(8-15,13-22)31-21(33)18-11-28-12-20(30-18)24(25,26)27/h2-4,11-12,15-16H,5-10,13H2,1H3,(H,31,33). The number of aryl methyl sites for hydroxylation is 1. The number of nitrogens with one attached hydrogen (secondary N) is 1. The van der Waals surface area contributed by atoms with Crippen LogP contribution in [0.5, 0.6) is 0 Å². The maximum absolute atomic E-state index is 13.1. The highest BCUT2D eigenvalue weighted by atomic mass is 19.4. The van der Waals surface area contributed by atoms with Crippen LogP contribution in [0.15, 0.2) is 30.6 Å². The van der Waals surface area contributed by atoms with Crippen molar-refractivity contribution in [2.45, 2.75) is 63.6 Å². The average Bonchev–Trinajstić information content (AvgIpc) is 2.71. The van der Waals surface area contributed by atoms with Gasteiger partial charge in [-0.15, -0.1) is 0 Å². The lowest BCUT2D eigenvalue weighted by atomic mass is 9.46. The van der Waals surface area contributed by atoms with E-state index >= 15 is 0 Å². The van der Waals surface area contributed by atoms with Gasteiger partial charge in [0.15, 0.2) is 11.5 Å². The first-order chi connectivity index (χ1) is 15.5. The van der Waals surface area contributed by atoms with E-state index in [4.69, 9.17) is 0 Å². The highest BCUT2D eigenvalue weighted by molar-refractivity contribution is 5.95. The molecule has 4 aliphatic rings. The Kier molecular flexibility index (Phi) is 5.06. The molecule has 4 saturated carbocycles. The number of hydrogen-bond acceptors (Lipinski definition) is 5. The fourth-order valence-electron chi connectivity index (χ4n) is 6.85. The zero-order valence-electron chi connectivity index (χ0n) is 18.3. The highest BCUT2D eigenvalue weighted by Gasteiger charge is 2.58. The van der Waals surface area contributed by atoms with E-state index in [9.17, 15) is 22.8 Å². The first-order valence-corrected chi connectivity index (χ1v) is 11.2. The Balaban J connectivity index is 1.37. The summed E-state index contributed by atoms with van der Waals surface area (Å²) in [7, 11) is 0. The second-order valence-electron chi connectivity index (χ2n) is 10.2. The minimum absolute atomic E-state index is 0.00544. The van der Waals surface area contributed by atoms with Crippen LogP contribution in [0.3, 0.4) is 0 Å². The molecule has 2 aromatic heterocycles. The van der Waals surface area contributed by atoms with Crippen molar-refractivity contribution in [3.8, 4) is 0 Å².